The van der Waals surface area contributed by atoms with Crippen LogP contribution in [0.3, 0.4) is 0 Å². The molecule has 3 N–H and O–H groups in total. The first-order valence-electron chi connectivity index (χ1n) is 7.32. The van der Waals surface area contributed by atoms with Crippen LogP contribution in [0.5, 0.6) is 0 Å². The highest BCUT2D eigenvalue weighted by Crippen LogP contribution is 2.38. The smallest absolute Gasteiger partial charge is 0.234 e. The zero-order valence-electron chi connectivity index (χ0n) is 12.5. The lowest BCUT2D eigenvalue weighted by molar-refractivity contribution is -0.119. The molecule has 21 heavy (non-hydrogen) atoms. The van der Waals surface area contributed by atoms with Crippen LogP contribution in [0.1, 0.15) is 45.1 Å². The first-order valence-corrected chi connectivity index (χ1v) is 7.32. The van der Waals surface area contributed by atoms with Gasteiger partial charge in [-0.15, -0.1) is 0 Å². The quantitative estimate of drug-likeness (QED) is 0.704. The van der Waals surface area contributed by atoms with Gasteiger partial charge >= 0.3 is 0 Å². The third-order valence-electron chi connectivity index (χ3n) is 3.85. The largest absolute Gasteiger partial charge is 0.396 e. The van der Waals surface area contributed by atoms with E-state index in [1.54, 1.807) is 6.07 Å². The molecule has 0 saturated carbocycles. The molecule has 2 amide bonds. The number of fused-ring (bicyclic) bond motifs is 1. The zero-order chi connectivity index (χ0) is 15.5. The van der Waals surface area contributed by atoms with Crippen LogP contribution >= 0.6 is 0 Å². The van der Waals surface area contributed by atoms with Gasteiger partial charge in [0.25, 0.3) is 0 Å². The highest BCUT2D eigenvalue weighted by Gasteiger charge is 2.38. The Hall–Kier alpha value is -1.88. The summed E-state index contributed by atoms with van der Waals surface area (Å²) in [5.74, 6) is -0.0681. The second-order valence-electron chi connectivity index (χ2n) is 5.92. The van der Waals surface area contributed by atoms with Gasteiger partial charge in [-0.2, -0.15) is 0 Å². The normalized spacial score (nSPS) is 15.5. The fourth-order valence-electron chi connectivity index (χ4n) is 2.47. The fraction of sp³-hybridized carbons (Fsp3) is 0.500. The number of benzene rings is 1. The number of aliphatic hydroxyl groups is 1. The van der Waals surface area contributed by atoms with Gasteiger partial charge in [-0.3, -0.25) is 9.59 Å². The monoisotopic (exact) mass is 290 g/mol. The molecule has 1 aliphatic heterocycles. The summed E-state index contributed by atoms with van der Waals surface area (Å²) in [7, 11) is 0. The molecule has 5 heteroatoms. The minimum atomic E-state index is -0.526. The van der Waals surface area contributed by atoms with Gasteiger partial charge in [-0.25, -0.2) is 0 Å². The van der Waals surface area contributed by atoms with Crippen LogP contribution in [0, 0.1) is 0 Å². The standard InChI is InChI=1S/C16H22N2O3/c1-16(2)12-8-7-11(10-13(12)18-15(16)21)17-14(20)6-4-3-5-9-19/h7-8,10,19H,3-6,9H2,1-2H3,(H,17,20)(H,18,21). The Kier molecular flexibility index (Phi) is 4.63. The van der Waals surface area contributed by atoms with Gasteiger partial charge in [0.15, 0.2) is 0 Å². The average molecular weight is 290 g/mol. The Morgan fingerprint density at radius 1 is 1.29 bits per heavy atom. The van der Waals surface area contributed by atoms with Crippen molar-refractivity contribution in [2.45, 2.75) is 44.9 Å². The van der Waals surface area contributed by atoms with E-state index in [1.165, 1.54) is 0 Å². The van der Waals surface area contributed by atoms with Crippen LogP contribution in [0.4, 0.5) is 11.4 Å². The molecule has 0 radical (unpaired) electrons. The first kappa shape index (κ1) is 15.5. The Morgan fingerprint density at radius 2 is 2.05 bits per heavy atom. The van der Waals surface area contributed by atoms with Crippen molar-refractivity contribution < 1.29 is 14.7 Å². The summed E-state index contributed by atoms with van der Waals surface area (Å²) in [5, 5.41) is 14.4. The number of hydrogen-bond acceptors (Lipinski definition) is 3. The number of rotatable bonds is 6. The average Bonchev–Trinajstić information content (AvgIpc) is 2.65. The number of carbonyl (C=O) groups excluding carboxylic acids is 2. The number of anilines is 2. The van der Waals surface area contributed by atoms with Crippen molar-refractivity contribution >= 4 is 23.2 Å². The Balaban J connectivity index is 1.96. The number of nitrogens with one attached hydrogen (secondary N) is 2. The topological polar surface area (TPSA) is 78.4 Å². The molecule has 2 rings (SSSR count). The van der Waals surface area contributed by atoms with Crippen LogP contribution in [0.25, 0.3) is 0 Å². The lowest BCUT2D eigenvalue weighted by Crippen LogP contribution is -2.26. The van der Waals surface area contributed by atoms with Crippen molar-refractivity contribution in [2.75, 3.05) is 17.2 Å². The number of aliphatic hydroxyl groups excluding tert-OH is 1. The lowest BCUT2D eigenvalue weighted by Gasteiger charge is -2.15. The van der Waals surface area contributed by atoms with Gasteiger partial charge in [-0.1, -0.05) is 12.5 Å². The van der Waals surface area contributed by atoms with Gasteiger partial charge in [0.1, 0.15) is 0 Å². The van der Waals surface area contributed by atoms with Gasteiger partial charge in [-0.05, 0) is 44.4 Å². The minimum absolute atomic E-state index is 0.0232. The molecule has 114 valence electrons. The van der Waals surface area contributed by atoms with Crippen LogP contribution in [-0.2, 0) is 15.0 Å². The molecule has 0 aromatic heterocycles. The van der Waals surface area contributed by atoms with Crippen molar-refractivity contribution in [2.24, 2.45) is 0 Å². The van der Waals surface area contributed by atoms with Crippen molar-refractivity contribution in [1.29, 1.82) is 0 Å². The number of carbonyl (C=O) groups is 2. The maximum Gasteiger partial charge on any atom is 0.234 e. The number of hydrogen-bond donors (Lipinski definition) is 3. The maximum absolute atomic E-state index is 11.9. The fourth-order valence-corrected chi connectivity index (χ4v) is 2.47. The molecule has 0 bridgehead atoms. The summed E-state index contributed by atoms with van der Waals surface area (Å²) in [5.41, 5.74) is 1.89. The molecule has 0 fully saturated rings. The van der Waals surface area contributed by atoms with Crippen LogP contribution in [0.15, 0.2) is 18.2 Å². The van der Waals surface area contributed by atoms with E-state index >= 15 is 0 Å². The Labute approximate surface area is 124 Å². The van der Waals surface area contributed by atoms with E-state index in [2.05, 4.69) is 10.6 Å². The number of unbranched alkanes of at least 4 members (excludes halogenated alkanes) is 2. The van der Waals surface area contributed by atoms with Crippen molar-refractivity contribution in [3.8, 4) is 0 Å². The second kappa shape index (κ2) is 6.26. The molecule has 0 unspecified atom stereocenters. The van der Waals surface area contributed by atoms with Crippen LogP contribution < -0.4 is 10.6 Å². The molecule has 0 spiro atoms. The van der Waals surface area contributed by atoms with E-state index in [9.17, 15) is 9.59 Å². The molecule has 1 heterocycles. The van der Waals surface area contributed by atoms with E-state index in [0.717, 1.165) is 30.5 Å². The second-order valence-corrected chi connectivity index (χ2v) is 5.92. The third-order valence-corrected chi connectivity index (χ3v) is 3.85. The summed E-state index contributed by atoms with van der Waals surface area (Å²) in [6.07, 6.45) is 2.78. The third kappa shape index (κ3) is 3.42. The minimum Gasteiger partial charge on any atom is -0.396 e. The van der Waals surface area contributed by atoms with Gasteiger partial charge in [0, 0.05) is 24.4 Å². The first-order chi connectivity index (χ1) is 9.95. The molecule has 1 aromatic rings. The molecule has 0 atom stereocenters. The molecular formula is C16H22N2O3. The van der Waals surface area contributed by atoms with E-state index in [1.807, 2.05) is 26.0 Å². The predicted octanol–water partition coefficient (Wildman–Crippen LogP) is 2.41. The predicted molar refractivity (Wildman–Crippen MR) is 82.3 cm³/mol. The summed E-state index contributed by atoms with van der Waals surface area (Å²) < 4.78 is 0. The summed E-state index contributed by atoms with van der Waals surface area (Å²) in [6, 6.07) is 5.51. The lowest BCUT2D eigenvalue weighted by atomic mass is 9.86. The highest BCUT2D eigenvalue weighted by molar-refractivity contribution is 6.06. The number of amides is 2. The molecule has 1 aliphatic rings. The van der Waals surface area contributed by atoms with E-state index in [4.69, 9.17) is 5.11 Å². The van der Waals surface area contributed by atoms with E-state index in [0.29, 0.717) is 12.1 Å². The summed E-state index contributed by atoms with van der Waals surface area (Å²) >= 11 is 0. The summed E-state index contributed by atoms with van der Waals surface area (Å²) in [6.45, 7) is 3.93. The highest BCUT2D eigenvalue weighted by atomic mass is 16.3. The molecule has 0 aliphatic carbocycles. The van der Waals surface area contributed by atoms with Crippen molar-refractivity contribution in [3.63, 3.8) is 0 Å². The van der Waals surface area contributed by atoms with Gasteiger partial charge < -0.3 is 15.7 Å². The Bertz CT molecular complexity index is 552. The molecule has 1 aromatic carbocycles. The van der Waals surface area contributed by atoms with Crippen LogP contribution in [0.2, 0.25) is 0 Å². The molecular weight excluding hydrogens is 268 g/mol. The maximum atomic E-state index is 11.9. The molecule has 0 saturated heterocycles. The van der Waals surface area contributed by atoms with Crippen LogP contribution in [-0.4, -0.2) is 23.5 Å². The van der Waals surface area contributed by atoms with Gasteiger partial charge in [0.2, 0.25) is 11.8 Å². The van der Waals surface area contributed by atoms with Crippen molar-refractivity contribution in [1.82, 2.24) is 0 Å². The van der Waals surface area contributed by atoms with E-state index < -0.39 is 5.41 Å². The van der Waals surface area contributed by atoms with Gasteiger partial charge in [0.05, 0.1) is 5.41 Å². The zero-order valence-corrected chi connectivity index (χ0v) is 12.5. The Morgan fingerprint density at radius 3 is 2.76 bits per heavy atom. The SMILES string of the molecule is CC1(C)C(=O)Nc2cc(NC(=O)CCCCCO)ccc21. The van der Waals surface area contributed by atoms with Crippen molar-refractivity contribution in [3.05, 3.63) is 23.8 Å². The summed E-state index contributed by atoms with van der Waals surface area (Å²) in [4.78, 5) is 23.7. The van der Waals surface area contributed by atoms with E-state index in [-0.39, 0.29) is 18.4 Å². The molecule has 5 nitrogen and oxygen atoms in total.